The second-order valence-electron chi connectivity index (χ2n) is 12.3. The Morgan fingerprint density at radius 1 is 0.680 bits per heavy atom. The maximum atomic E-state index is 13.9. The number of hydrogen-bond acceptors (Lipinski definition) is 6. The van der Waals surface area contributed by atoms with Crippen molar-refractivity contribution in [2.75, 3.05) is 0 Å². The minimum absolute atomic E-state index is 0.176. The van der Waals surface area contributed by atoms with E-state index in [0.717, 1.165) is 78.7 Å². The van der Waals surface area contributed by atoms with E-state index in [2.05, 4.69) is 26.4 Å². The van der Waals surface area contributed by atoms with Crippen molar-refractivity contribution in [3.8, 4) is 22.8 Å². The van der Waals surface area contributed by atoms with Crippen molar-refractivity contribution in [2.45, 2.75) is 41.5 Å². The van der Waals surface area contributed by atoms with E-state index in [1.165, 1.54) is 12.1 Å². The number of nitrogens with two attached hydrogens (primary N) is 1. The zero-order chi connectivity index (χ0) is 35.8. The van der Waals surface area contributed by atoms with Gasteiger partial charge >= 0.3 is 0 Å². The molecule has 0 aliphatic rings. The van der Waals surface area contributed by atoms with Gasteiger partial charge in [-0.1, -0.05) is 23.2 Å². The summed E-state index contributed by atoms with van der Waals surface area (Å²) in [6.45, 7) is 11.9. The van der Waals surface area contributed by atoms with E-state index in [-0.39, 0.29) is 5.56 Å². The van der Waals surface area contributed by atoms with E-state index >= 15 is 0 Å². The van der Waals surface area contributed by atoms with Crippen LogP contribution in [0.3, 0.4) is 0 Å². The number of imidazole rings is 2. The van der Waals surface area contributed by atoms with Gasteiger partial charge in [-0.15, -0.1) is 0 Å². The lowest BCUT2D eigenvalue weighted by molar-refractivity contribution is 0.0996. The summed E-state index contributed by atoms with van der Waals surface area (Å²) in [6.07, 6.45) is 0. The number of aryl methyl sites for hydroxylation is 6. The number of rotatable bonds is 3. The van der Waals surface area contributed by atoms with Crippen LogP contribution in [0.5, 0.6) is 0 Å². The summed E-state index contributed by atoms with van der Waals surface area (Å²) in [5, 5.41) is 5.80. The molecule has 0 radical (unpaired) electrons. The molecule has 252 valence electrons. The molecule has 0 aliphatic heterocycles. The fourth-order valence-electron chi connectivity index (χ4n) is 6.69. The normalized spacial score (nSPS) is 11.6. The number of hydrogen-bond donors (Lipinski definition) is 1. The van der Waals surface area contributed by atoms with E-state index in [1.54, 1.807) is 18.2 Å². The standard InChI is InChI=1S/C19H14ClFN4O.C18H18ClN5/c1-9-17-10(2)24-19(11-3-5-14(21)13(7-11)18(22)26)25(17)16-8-12(20)4-6-15(16)23-9;1-9-16(12(4)23(5)22-9)18-21-11(3)17-10(2)20-14-7-6-13(19)8-15(14)24(17)18/h3-8H,1-2H3,(H2,22,26);6-8H,1-5H3. The van der Waals surface area contributed by atoms with Gasteiger partial charge in [0.1, 0.15) is 17.5 Å². The van der Waals surface area contributed by atoms with Gasteiger partial charge < -0.3 is 5.73 Å². The molecule has 3 aromatic carbocycles. The molecule has 0 saturated carbocycles. The monoisotopic (exact) mass is 707 g/mol. The number of carbonyl (C=O) groups excluding carboxylic acids is 1. The molecule has 2 N–H and O–H groups in total. The predicted octanol–water partition coefficient (Wildman–Crippen LogP) is 8.23. The van der Waals surface area contributed by atoms with Gasteiger partial charge in [0.15, 0.2) is 0 Å². The summed E-state index contributed by atoms with van der Waals surface area (Å²) in [7, 11) is 1.95. The molecule has 0 spiro atoms. The van der Waals surface area contributed by atoms with Crippen LogP contribution in [0.4, 0.5) is 4.39 Å². The molecular weight excluding hydrogens is 676 g/mol. The lowest BCUT2D eigenvalue weighted by atomic mass is 10.1. The Morgan fingerprint density at radius 3 is 1.68 bits per heavy atom. The number of primary amides is 1. The highest BCUT2D eigenvalue weighted by Crippen LogP contribution is 2.33. The highest BCUT2D eigenvalue weighted by molar-refractivity contribution is 6.31. The fraction of sp³-hybridized carbons (Fsp3) is 0.189. The van der Waals surface area contributed by atoms with Crippen LogP contribution < -0.4 is 5.73 Å². The lowest BCUT2D eigenvalue weighted by Crippen LogP contribution is -2.13. The minimum Gasteiger partial charge on any atom is -0.366 e. The predicted molar refractivity (Wildman–Crippen MR) is 196 cm³/mol. The maximum Gasteiger partial charge on any atom is 0.251 e. The van der Waals surface area contributed by atoms with Crippen molar-refractivity contribution in [1.29, 1.82) is 0 Å². The average Bonchev–Trinajstić information content (AvgIpc) is 3.68. The van der Waals surface area contributed by atoms with Gasteiger partial charge in [-0.2, -0.15) is 5.10 Å². The largest absolute Gasteiger partial charge is 0.366 e. The molecule has 8 rings (SSSR count). The summed E-state index contributed by atoms with van der Waals surface area (Å²) in [4.78, 5) is 30.4. The Hall–Kier alpha value is -5.39. The first-order chi connectivity index (χ1) is 23.7. The molecule has 13 heteroatoms. The Morgan fingerprint density at radius 2 is 1.18 bits per heavy atom. The number of nitrogens with zero attached hydrogens (tertiary/aromatic N) is 8. The van der Waals surface area contributed by atoms with E-state index in [1.807, 2.05) is 75.0 Å². The third-order valence-corrected chi connectivity index (χ3v) is 9.41. The van der Waals surface area contributed by atoms with Crippen LogP contribution in [0, 0.1) is 47.4 Å². The highest BCUT2D eigenvalue weighted by atomic mass is 35.5. The number of halogens is 3. The van der Waals surface area contributed by atoms with Crippen molar-refractivity contribution < 1.29 is 9.18 Å². The van der Waals surface area contributed by atoms with E-state index < -0.39 is 11.7 Å². The van der Waals surface area contributed by atoms with Crippen molar-refractivity contribution in [1.82, 2.24) is 38.5 Å². The van der Waals surface area contributed by atoms with E-state index in [0.29, 0.717) is 21.4 Å². The van der Waals surface area contributed by atoms with Crippen LogP contribution in [-0.4, -0.2) is 44.4 Å². The molecule has 8 aromatic rings. The van der Waals surface area contributed by atoms with Crippen molar-refractivity contribution in [3.05, 3.63) is 110 Å². The lowest BCUT2D eigenvalue weighted by Gasteiger charge is -2.09. The molecule has 0 atom stereocenters. The molecule has 5 heterocycles. The minimum atomic E-state index is -0.826. The van der Waals surface area contributed by atoms with Gasteiger partial charge in [0, 0.05) is 28.4 Å². The summed E-state index contributed by atoms with van der Waals surface area (Å²) in [5.74, 6) is -0.0293. The van der Waals surface area contributed by atoms with Gasteiger partial charge in [0.25, 0.3) is 5.91 Å². The molecule has 0 unspecified atom stereocenters. The van der Waals surface area contributed by atoms with Gasteiger partial charge in [-0.3, -0.25) is 18.3 Å². The Bertz CT molecular complexity index is 2710. The number of amides is 1. The maximum absolute atomic E-state index is 13.9. The van der Waals surface area contributed by atoms with E-state index in [9.17, 15) is 9.18 Å². The van der Waals surface area contributed by atoms with Crippen molar-refractivity contribution in [3.63, 3.8) is 0 Å². The smallest absolute Gasteiger partial charge is 0.251 e. The number of carbonyl (C=O) groups is 1. The second-order valence-corrected chi connectivity index (χ2v) is 13.2. The third-order valence-electron chi connectivity index (χ3n) is 8.94. The first-order valence-electron chi connectivity index (χ1n) is 15.7. The Kier molecular flexibility index (Phi) is 8.07. The molecule has 50 heavy (non-hydrogen) atoms. The van der Waals surface area contributed by atoms with Crippen LogP contribution >= 0.6 is 23.2 Å². The number of benzene rings is 3. The molecule has 0 aliphatic carbocycles. The topological polar surface area (TPSA) is 121 Å². The van der Waals surface area contributed by atoms with Crippen LogP contribution in [0.2, 0.25) is 10.0 Å². The molecular formula is C37H32Cl2FN9O. The van der Waals surface area contributed by atoms with Crippen LogP contribution in [-0.2, 0) is 7.05 Å². The molecule has 0 bridgehead atoms. The van der Waals surface area contributed by atoms with Crippen LogP contribution in [0.1, 0.15) is 44.5 Å². The summed E-state index contributed by atoms with van der Waals surface area (Å²) >= 11 is 12.4. The summed E-state index contributed by atoms with van der Waals surface area (Å²) < 4.78 is 19.9. The van der Waals surface area contributed by atoms with Crippen LogP contribution in [0.25, 0.3) is 55.9 Å². The quantitative estimate of drug-likeness (QED) is 0.197. The van der Waals surface area contributed by atoms with E-state index in [4.69, 9.17) is 38.9 Å². The molecule has 10 nitrogen and oxygen atoms in total. The zero-order valence-electron chi connectivity index (χ0n) is 28.4. The Balaban J connectivity index is 0.000000157. The highest BCUT2D eigenvalue weighted by Gasteiger charge is 2.22. The van der Waals surface area contributed by atoms with Gasteiger partial charge in [-0.25, -0.2) is 24.3 Å². The summed E-state index contributed by atoms with van der Waals surface area (Å²) in [6, 6.07) is 15.4. The van der Waals surface area contributed by atoms with Crippen molar-refractivity contribution >= 4 is 62.2 Å². The van der Waals surface area contributed by atoms with Gasteiger partial charge in [0.05, 0.1) is 72.7 Å². The molecule has 0 fully saturated rings. The number of aromatic nitrogens is 8. The molecule has 1 amide bonds. The van der Waals surface area contributed by atoms with Gasteiger partial charge in [0.2, 0.25) is 0 Å². The van der Waals surface area contributed by atoms with Crippen molar-refractivity contribution in [2.24, 2.45) is 12.8 Å². The first-order valence-corrected chi connectivity index (χ1v) is 16.5. The SMILES string of the molecule is Cc1nc(-c2ccc(F)c(C(N)=O)c2)n2c1c(C)nc1ccc(Cl)cc12.Cc1nn(C)c(C)c1-c1nc(C)c2c(C)nc3ccc(Cl)cc3n12. The number of fused-ring (bicyclic) bond motifs is 6. The third kappa shape index (κ3) is 5.33. The first kappa shape index (κ1) is 33.1. The van der Waals surface area contributed by atoms with Crippen LogP contribution in [0.15, 0.2) is 54.6 Å². The molecule has 5 aromatic heterocycles. The van der Waals surface area contributed by atoms with Gasteiger partial charge in [-0.05, 0) is 96.1 Å². The Labute approximate surface area is 296 Å². The zero-order valence-corrected chi connectivity index (χ0v) is 29.9. The second kappa shape index (κ2) is 12.2. The average molecular weight is 709 g/mol. The fourth-order valence-corrected chi connectivity index (χ4v) is 7.03. The molecule has 0 saturated heterocycles. The summed E-state index contributed by atoms with van der Waals surface area (Å²) in [5.41, 5.74) is 17.6.